The number of pyridine rings is 1. The number of amides is 1. The first kappa shape index (κ1) is 38.6. The number of halogens is 7. The SMILES string of the molecule is C[C@@H]1CCC[C@H](n2cnc(-c3cc(Cl)ccc3-n3cc(C(F)(F)F)nn3)cc2=O)c2cc(ccn2)-c2ccc(CO)cc2NC1=O.O=C(O)C(F)(F)F. The molecule has 0 aliphatic carbocycles. The molecule has 2 aromatic carbocycles. The lowest BCUT2D eigenvalue weighted by molar-refractivity contribution is -0.192. The van der Waals surface area contributed by atoms with Gasteiger partial charge in [0.05, 0.1) is 42.2 Å². The van der Waals surface area contributed by atoms with Gasteiger partial charge < -0.3 is 15.5 Å². The third kappa shape index (κ3) is 9.07. The average molecular weight is 764 g/mol. The molecule has 0 radical (unpaired) electrons. The molecule has 12 nitrogen and oxygen atoms in total. The molecule has 2 atom stereocenters. The fourth-order valence-electron chi connectivity index (χ4n) is 5.49. The molecule has 3 aromatic heterocycles. The largest absolute Gasteiger partial charge is 0.490 e. The maximum absolute atomic E-state index is 13.7. The summed E-state index contributed by atoms with van der Waals surface area (Å²) >= 11 is 6.24. The van der Waals surface area contributed by atoms with Crippen molar-refractivity contribution in [2.24, 2.45) is 5.92 Å². The quantitative estimate of drug-likeness (QED) is 0.169. The van der Waals surface area contributed by atoms with Crippen molar-refractivity contribution in [3.8, 4) is 28.1 Å². The highest BCUT2D eigenvalue weighted by Crippen LogP contribution is 2.35. The van der Waals surface area contributed by atoms with E-state index in [0.717, 1.165) is 22.0 Å². The number of fused-ring (bicyclic) bond motifs is 4. The Hall–Kier alpha value is -5.62. The van der Waals surface area contributed by atoms with Gasteiger partial charge in [-0.15, -0.1) is 5.10 Å². The van der Waals surface area contributed by atoms with Crippen molar-refractivity contribution < 1.29 is 46.1 Å². The topological polar surface area (TPSA) is 165 Å². The lowest BCUT2D eigenvalue weighted by atomic mass is 9.95. The minimum absolute atomic E-state index is 0.155. The molecule has 1 amide bonds. The number of aliphatic hydroxyl groups excluding tert-OH is 1. The Bertz CT molecular complexity index is 2210. The zero-order valence-corrected chi connectivity index (χ0v) is 28.1. The highest BCUT2D eigenvalue weighted by molar-refractivity contribution is 6.31. The molecule has 5 aromatic rings. The van der Waals surface area contributed by atoms with Gasteiger partial charge in [0.2, 0.25) is 5.91 Å². The number of aliphatic carboxylic acids is 1. The lowest BCUT2D eigenvalue weighted by Gasteiger charge is -2.23. The average Bonchev–Trinajstić information content (AvgIpc) is 3.61. The molecule has 278 valence electrons. The van der Waals surface area contributed by atoms with Crippen LogP contribution < -0.4 is 10.9 Å². The van der Waals surface area contributed by atoms with Crippen LogP contribution in [-0.4, -0.2) is 57.8 Å². The second kappa shape index (κ2) is 15.5. The third-order valence-corrected chi connectivity index (χ3v) is 8.43. The zero-order chi connectivity index (χ0) is 38.7. The number of hydrogen-bond donors (Lipinski definition) is 3. The summed E-state index contributed by atoms with van der Waals surface area (Å²) in [4.78, 5) is 44.8. The number of nitrogens with zero attached hydrogens (tertiary/aromatic N) is 6. The highest BCUT2D eigenvalue weighted by atomic mass is 35.5. The molecular weight excluding hydrogens is 736 g/mol. The van der Waals surface area contributed by atoms with E-state index in [-0.39, 0.29) is 40.4 Å². The zero-order valence-electron chi connectivity index (χ0n) is 27.4. The predicted octanol–water partition coefficient (Wildman–Crippen LogP) is 6.70. The van der Waals surface area contributed by atoms with Gasteiger partial charge in [-0.3, -0.25) is 19.1 Å². The van der Waals surface area contributed by atoms with Crippen LogP contribution in [0.4, 0.5) is 32.0 Å². The van der Waals surface area contributed by atoms with E-state index in [1.165, 1.54) is 35.2 Å². The van der Waals surface area contributed by atoms with Crippen molar-refractivity contribution in [3.05, 3.63) is 106 Å². The number of aromatic nitrogens is 6. The minimum Gasteiger partial charge on any atom is -0.475 e. The van der Waals surface area contributed by atoms with Crippen molar-refractivity contribution in [1.82, 2.24) is 29.5 Å². The second-order valence-corrected chi connectivity index (χ2v) is 12.3. The lowest BCUT2D eigenvalue weighted by Crippen LogP contribution is -2.27. The number of anilines is 1. The van der Waals surface area contributed by atoms with E-state index in [1.54, 1.807) is 24.4 Å². The van der Waals surface area contributed by atoms with E-state index in [0.29, 0.717) is 36.2 Å². The Kier molecular flexibility index (Phi) is 11.3. The Morgan fingerprint density at radius 2 is 1.72 bits per heavy atom. The number of benzene rings is 2. The van der Waals surface area contributed by atoms with Crippen LogP contribution in [0.2, 0.25) is 5.02 Å². The molecule has 2 bridgehead atoms. The summed E-state index contributed by atoms with van der Waals surface area (Å²) < 4.78 is 73.8. The van der Waals surface area contributed by atoms with Gasteiger partial charge in [-0.2, -0.15) is 26.3 Å². The number of aliphatic hydroxyl groups is 1. The van der Waals surface area contributed by atoms with E-state index in [4.69, 9.17) is 21.5 Å². The Balaban J connectivity index is 0.000000705. The molecule has 0 unspecified atom stereocenters. The molecule has 0 saturated carbocycles. The van der Waals surface area contributed by atoms with Gasteiger partial charge in [0.15, 0.2) is 5.69 Å². The van der Waals surface area contributed by atoms with Crippen LogP contribution in [0.5, 0.6) is 0 Å². The van der Waals surface area contributed by atoms with E-state index in [2.05, 4.69) is 25.6 Å². The van der Waals surface area contributed by atoms with Crippen LogP contribution in [0.15, 0.2) is 78.1 Å². The molecule has 1 aliphatic heterocycles. The fourth-order valence-corrected chi connectivity index (χ4v) is 5.67. The summed E-state index contributed by atoms with van der Waals surface area (Å²) in [7, 11) is 0. The number of hydrogen-bond acceptors (Lipinski definition) is 8. The summed E-state index contributed by atoms with van der Waals surface area (Å²) in [5.41, 5.74) is 2.39. The summed E-state index contributed by atoms with van der Waals surface area (Å²) in [5.74, 6) is -3.24. The van der Waals surface area contributed by atoms with Gasteiger partial charge in [0.1, 0.15) is 0 Å². The van der Waals surface area contributed by atoms with Crippen molar-refractivity contribution >= 4 is 29.2 Å². The molecule has 0 spiro atoms. The van der Waals surface area contributed by atoms with Gasteiger partial charge in [-0.1, -0.05) is 42.3 Å². The summed E-state index contributed by atoms with van der Waals surface area (Å²) in [6.45, 7) is 1.65. The highest BCUT2D eigenvalue weighted by Gasteiger charge is 2.38. The smallest absolute Gasteiger partial charge is 0.475 e. The summed E-state index contributed by atoms with van der Waals surface area (Å²) in [6.07, 6.45) is -4.39. The minimum atomic E-state index is -5.08. The Morgan fingerprint density at radius 1 is 0.981 bits per heavy atom. The summed E-state index contributed by atoms with van der Waals surface area (Å²) in [5, 5.41) is 27.0. The first-order chi connectivity index (χ1) is 25.0. The predicted molar refractivity (Wildman–Crippen MR) is 178 cm³/mol. The van der Waals surface area contributed by atoms with Crippen LogP contribution in [0.25, 0.3) is 28.1 Å². The van der Waals surface area contributed by atoms with Crippen molar-refractivity contribution in [2.75, 3.05) is 5.32 Å². The number of alkyl halides is 6. The number of carbonyl (C=O) groups is 2. The standard InChI is InChI=1S/C32H27ClF3N7O3.C2HF3O2/c1-18-3-2-4-28(26-12-20(9-10-37-26)22-7-5-19(16-44)11-25(22)39-31(18)46)42-17-38-24(14-30(42)45)23-13-21(33)6-8-27(23)43-15-29(40-41-43)32(34,35)36;3-2(4,5)1(6)7/h5-15,17-18,28,44H,2-4,16H2,1H3,(H,39,46);(H,6,7)/t18-,28+;/m1./s1. The van der Waals surface area contributed by atoms with Crippen LogP contribution in [0.3, 0.4) is 0 Å². The molecule has 0 fully saturated rings. The van der Waals surface area contributed by atoms with Crippen molar-refractivity contribution in [2.45, 2.75) is 51.2 Å². The Morgan fingerprint density at radius 3 is 2.36 bits per heavy atom. The molecule has 53 heavy (non-hydrogen) atoms. The van der Waals surface area contributed by atoms with Crippen LogP contribution in [-0.2, 0) is 22.4 Å². The first-order valence-electron chi connectivity index (χ1n) is 15.7. The number of carbonyl (C=O) groups excluding carboxylic acids is 1. The van der Waals surface area contributed by atoms with E-state index in [1.807, 2.05) is 19.1 Å². The third-order valence-electron chi connectivity index (χ3n) is 8.20. The molecule has 3 N–H and O–H groups in total. The van der Waals surface area contributed by atoms with Gasteiger partial charge in [0.25, 0.3) is 5.56 Å². The van der Waals surface area contributed by atoms with Crippen molar-refractivity contribution in [1.29, 1.82) is 0 Å². The summed E-state index contributed by atoms with van der Waals surface area (Å²) in [6, 6.07) is 14.2. The number of carboxylic acids is 1. The maximum Gasteiger partial charge on any atom is 0.490 e. The van der Waals surface area contributed by atoms with Crippen LogP contribution in [0, 0.1) is 5.92 Å². The maximum atomic E-state index is 13.7. The van der Waals surface area contributed by atoms with E-state index in [9.17, 15) is 41.0 Å². The van der Waals surface area contributed by atoms with Crippen LogP contribution in [0.1, 0.15) is 49.2 Å². The molecule has 6 rings (SSSR count). The first-order valence-corrected chi connectivity index (χ1v) is 16.0. The van der Waals surface area contributed by atoms with Crippen molar-refractivity contribution in [3.63, 3.8) is 0 Å². The van der Waals surface area contributed by atoms with Gasteiger partial charge in [-0.25, -0.2) is 14.5 Å². The molecule has 0 saturated heterocycles. The fraction of sp³-hybridized carbons (Fsp3) is 0.265. The second-order valence-electron chi connectivity index (χ2n) is 11.9. The van der Waals surface area contributed by atoms with Crippen LogP contribution >= 0.6 is 11.6 Å². The van der Waals surface area contributed by atoms with E-state index >= 15 is 0 Å². The molecular formula is C34H28ClF6N7O5. The normalized spacial score (nSPS) is 16.3. The molecule has 4 heterocycles. The van der Waals surface area contributed by atoms with Gasteiger partial charge >= 0.3 is 18.3 Å². The Labute approximate surface area is 300 Å². The monoisotopic (exact) mass is 763 g/mol. The number of rotatable bonds is 4. The van der Waals surface area contributed by atoms with Gasteiger partial charge in [-0.05, 0) is 60.4 Å². The molecule has 1 aliphatic rings. The number of nitrogens with one attached hydrogen (secondary N) is 1. The number of carboxylic acid groups (broad SMARTS) is 1. The van der Waals surface area contributed by atoms with E-state index < -0.39 is 35.6 Å². The molecule has 19 heteroatoms. The van der Waals surface area contributed by atoms with Gasteiger partial charge in [0, 0.05) is 40.0 Å².